The molecule has 0 heterocycles. The number of hydrogen-bond donors (Lipinski definition) is 1. The molecule has 132 valence electrons. The first-order valence-corrected chi connectivity index (χ1v) is 8.78. The Labute approximate surface area is 149 Å². The van der Waals surface area contributed by atoms with Gasteiger partial charge in [-0.2, -0.15) is 0 Å². The summed E-state index contributed by atoms with van der Waals surface area (Å²) in [5.74, 6) is 0.329. The summed E-state index contributed by atoms with van der Waals surface area (Å²) in [5.41, 5.74) is 4.88. The second-order valence-corrected chi connectivity index (χ2v) is 6.80. The number of aliphatic hydroxyl groups excluding tert-OH is 1. The molecule has 1 aliphatic carbocycles. The van der Waals surface area contributed by atoms with Crippen LogP contribution in [-0.2, 0) is 4.74 Å². The number of carbonyl (C=O) groups excluding carboxylic acids is 1. The van der Waals surface area contributed by atoms with Crippen LogP contribution in [0.5, 0.6) is 0 Å². The van der Waals surface area contributed by atoms with Crippen LogP contribution in [0, 0.1) is 5.92 Å². The molecule has 1 aliphatic rings. The lowest BCUT2D eigenvalue weighted by atomic mass is 9.98. The first kappa shape index (κ1) is 17.5. The van der Waals surface area contributed by atoms with E-state index < -0.39 is 0 Å². The molecule has 3 rings (SSSR count). The van der Waals surface area contributed by atoms with Gasteiger partial charge in [-0.25, -0.2) is 4.79 Å². The van der Waals surface area contributed by atoms with E-state index in [1.807, 2.05) is 31.2 Å². The monoisotopic (exact) mass is 339 g/mol. The van der Waals surface area contributed by atoms with Crippen molar-refractivity contribution in [3.63, 3.8) is 0 Å². The Morgan fingerprint density at radius 3 is 2.24 bits per heavy atom. The molecule has 0 aliphatic heterocycles. The minimum atomic E-state index is -0.313. The molecule has 4 nitrogen and oxygen atoms in total. The van der Waals surface area contributed by atoms with Crippen molar-refractivity contribution in [2.45, 2.75) is 19.3 Å². The van der Waals surface area contributed by atoms with Gasteiger partial charge in [0.2, 0.25) is 0 Å². The van der Waals surface area contributed by atoms with Crippen molar-refractivity contribution in [3.8, 4) is 11.1 Å². The fraction of sp³-hybridized carbons (Fsp3) is 0.381. The van der Waals surface area contributed by atoms with Gasteiger partial charge in [-0.3, -0.25) is 0 Å². The van der Waals surface area contributed by atoms with Crippen LogP contribution in [0.4, 0.5) is 4.79 Å². The molecule has 2 aromatic rings. The molecule has 0 fully saturated rings. The van der Waals surface area contributed by atoms with Gasteiger partial charge in [0, 0.05) is 26.1 Å². The lowest BCUT2D eigenvalue weighted by Crippen LogP contribution is -2.32. The number of rotatable bonds is 6. The normalized spacial score (nSPS) is 13.9. The summed E-state index contributed by atoms with van der Waals surface area (Å²) in [6.45, 7) is 3.08. The van der Waals surface area contributed by atoms with Crippen LogP contribution < -0.4 is 0 Å². The summed E-state index contributed by atoms with van der Waals surface area (Å²) in [5, 5.41) is 8.99. The van der Waals surface area contributed by atoms with Crippen LogP contribution in [0.15, 0.2) is 48.5 Å². The maximum Gasteiger partial charge on any atom is 0.409 e. The van der Waals surface area contributed by atoms with E-state index in [1.54, 1.807) is 11.9 Å². The third-order valence-electron chi connectivity index (χ3n) is 4.86. The Hall–Kier alpha value is -2.33. The molecule has 25 heavy (non-hydrogen) atoms. The van der Waals surface area contributed by atoms with Gasteiger partial charge >= 0.3 is 6.09 Å². The minimum absolute atomic E-state index is 0.0830. The summed E-state index contributed by atoms with van der Waals surface area (Å²) in [7, 11) is 1.74. The van der Waals surface area contributed by atoms with Gasteiger partial charge in [0.15, 0.2) is 0 Å². The molecule has 0 bridgehead atoms. The SMILES string of the molecule is CC(CCO)CN(C)C(=O)OCC1c2ccccc2-c2ccccc21. The molecule has 1 N–H and O–H groups in total. The van der Waals surface area contributed by atoms with E-state index in [0.29, 0.717) is 19.6 Å². The maximum atomic E-state index is 12.3. The molecule has 0 radical (unpaired) electrons. The minimum Gasteiger partial charge on any atom is -0.448 e. The fourth-order valence-corrected chi connectivity index (χ4v) is 3.56. The number of benzene rings is 2. The maximum absolute atomic E-state index is 12.3. The summed E-state index contributed by atoms with van der Waals surface area (Å²) in [6.07, 6.45) is 0.368. The zero-order valence-electron chi connectivity index (χ0n) is 14.8. The number of fused-ring (bicyclic) bond motifs is 3. The largest absolute Gasteiger partial charge is 0.448 e. The molecular formula is C21H25NO3. The molecule has 0 saturated carbocycles. The average molecular weight is 339 g/mol. The first-order valence-electron chi connectivity index (χ1n) is 8.78. The summed E-state index contributed by atoms with van der Waals surface area (Å²) in [6, 6.07) is 16.6. The number of aliphatic hydroxyl groups is 1. The Morgan fingerprint density at radius 1 is 1.12 bits per heavy atom. The number of nitrogens with zero attached hydrogens (tertiary/aromatic N) is 1. The molecule has 0 saturated heterocycles. The highest BCUT2D eigenvalue weighted by molar-refractivity contribution is 5.79. The van der Waals surface area contributed by atoms with E-state index in [1.165, 1.54) is 22.3 Å². The highest BCUT2D eigenvalue weighted by atomic mass is 16.6. The third-order valence-corrected chi connectivity index (χ3v) is 4.86. The Bertz CT molecular complexity index is 698. The van der Waals surface area contributed by atoms with E-state index in [2.05, 4.69) is 24.3 Å². The number of amides is 1. The van der Waals surface area contributed by atoms with E-state index in [9.17, 15) is 4.79 Å². The van der Waals surface area contributed by atoms with Crippen LogP contribution in [0.2, 0.25) is 0 Å². The standard InChI is InChI=1S/C21H25NO3/c1-15(11-12-23)13-22(2)21(24)25-14-20-18-9-5-3-7-16(18)17-8-4-6-10-19(17)20/h3-10,15,20,23H,11-14H2,1-2H3. The molecule has 0 spiro atoms. The predicted octanol–water partition coefficient (Wildman–Crippen LogP) is 3.89. The van der Waals surface area contributed by atoms with Gasteiger partial charge in [-0.1, -0.05) is 55.5 Å². The lowest BCUT2D eigenvalue weighted by molar-refractivity contribution is 0.102. The molecule has 1 amide bonds. The Kier molecular flexibility index (Phi) is 5.39. The molecule has 0 aromatic heterocycles. The van der Waals surface area contributed by atoms with Crippen LogP contribution in [0.3, 0.4) is 0 Å². The number of hydrogen-bond acceptors (Lipinski definition) is 3. The van der Waals surface area contributed by atoms with Crippen LogP contribution in [-0.4, -0.2) is 42.9 Å². The van der Waals surface area contributed by atoms with E-state index in [4.69, 9.17) is 9.84 Å². The average Bonchev–Trinajstić information content (AvgIpc) is 2.94. The van der Waals surface area contributed by atoms with Crippen LogP contribution in [0.25, 0.3) is 11.1 Å². The smallest absolute Gasteiger partial charge is 0.409 e. The number of carbonyl (C=O) groups is 1. The van der Waals surface area contributed by atoms with Crippen molar-refractivity contribution in [3.05, 3.63) is 59.7 Å². The van der Waals surface area contributed by atoms with Crippen LogP contribution in [0.1, 0.15) is 30.4 Å². The van der Waals surface area contributed by atoms with Crippen molar-refractivity contribution in [2.75, 3.05) is 26.8 Å². The Balaban J connectivity index is 1.68. The number of ether oxygens (including phenoxy) is 1. The first-order chi connectivity index (χ1) is 12.1. The molecular weight excluding hydrogens is 314 g/mol. The van der Waals surface area contributed by atoms with Gasteiger partial charge in [-0.05, 0) is 34.6 Å². The Morgan fingerprint density at radius 2 is 1.68 bits per heavy atom. The molecule has 4 heteroatoms. The molecule has 2 aromatic carbocycles. The van der Waals surface area contributed by atoms with E-state index in [-0.39, 0.29) is 24.5 Å². The van der Waals surface area contributed by atoms with Crippen LogP contribution >= 0.6 is 0 Å². The van der Waals surface area contributed by atoms with Gasteiger partial charge in [0.1, 0.15) is 6.61 Å². The van der Waals surface area contributed by atoms with Crippen molar-refractivity contribution in [2.24, 2.45) is 5.92 Å². The summed E-state index contributed by atoms with van der Waals surface area (Å²) in [4.78, 5) is 13.9. The highest BCUT2D eigenvalue weighted by Crippen LogP contribution is 2.44. The van der Waals surface area contributed by atoms with Crippen molar-refractivity contribution in [1.29, 1.82) is 0 Å². The van der Waals surface area contributed by atoms with E-state index in [0.717, 1.165) is 0 Å². The van der Waals surface area contributed by atoms with Crippen molar-refractivity contribution < 1.29 is 14.6 Å². The topological polar surface area (TPSA) is 49.8 Å². The lowest BCUT2D eigenvalue weighted by Gasteiger charge is -2.22. The third kappa shape index (κ3) is 3.69. The fourth-order valence-electron chi connectivity index (χ4n) is 3.56. The summed E-state index contributed by atoms with van der Waals surface area (Å²) >= 11 is 0. The zero-order chi connectivity index (χ0) is 17.8. The summed E-state index contributed by atoms with van der Waals surface area (Å²) < 4.78 is 5.60. The van der Waals surface area contributed by atoms with Gasteiger partial charge < -0.3 is 14.7 Å². The predicted molar refractivity (Wildman–Crippen MR) is 98.6 cm³/mol. The van der Waals surface area contributed by atoms with Crippen molar-refractivity contribution in [1.82, 2.24) is 4.90 Å². The quantitative estimate of drug-likeness (QED) is 0.869. The van der Waals surface area contributed by atoms with Crippen molar-refractivity contribution >= 4 is 6.09 Å². The van der Waals surface area contributed by atoms with Gasteiger partial charge in [-0.15, -0.1) is 0 Å². The highest BCUT2D eigenvalue weighted by Gasteiger charge is 2.29. The molecule has 1 unspecified atom stereocenters. The second kappa shape index (κ2) is 7.70. The molecule has 1 atom stereocenters. The van der Waals surface area contributed by atoms with Gasteiger partial charge in [0.05, 0.1) is 0 Å². The second-order valence-electron chi connectivity index (χ2n) is 6.80. The zero-order valence-corrected chi connectivity index (χ0v) is 14.8. The van der Waals surface area contributed by atoms with E-state index >= 15 is 0 Å². The van der Waals surface area contributed by atoms with Gasteiger partial charge in [0.25, 0.3) is 0 Å².